The van der Waals surface area contributed by atoms with E-state index in [1.54, 1.807) is 25.3 Å². The molecule has 0 aliphatic heterocycles. The maximum atomic E-state index is 10.7. The van der Waals surface area contributed by atoms with E-state index >= 15 is 0 Å². The lowest BCUT2D eigenvalue weighted by Gasteiger charge is -2.58. The molecule has 0 spiro atoms. The molecule has 5 rings (SSSR count). The van der Waals surface area contributed by atoms with Crippen molar-refractivity contribution in [2.75, 3.05) is 41.8 Å². The standard InChI is InChI=1S/C37H40O9/c1-40-25-46-29-20-28(22-39)34(33(21-29)45-24-27-14-9-6-10-15-27)30(18-19-38)36(41-2)31-16-11-17-32(35(31)37(36,42-3)43-4)44-23-26-12-7-5-8-13-26/h5-18,20-21,38-39H,19,22-25H2,1-4H3/b30-18-. The average Bonchev–Trinajstić information content (AvgIpc) is 3.10. The molecule has 9 heteroatoms. The molecule has 2 N–H and O–H groups in total. The number of ether oxygens (including phenoxy) is 7. The molecule has 4 aromatic rings. The van der Waals surface area contributed by atoms with Gasteiger partial charge in [0.05, 0.1) is 18.8 Å². The number of benzene rings is 4. The van der Waals surface area contributed by atoms with E-state index in [4.69, 9.17) is 33.2 Å². The minimum Gasteiger partial charge on any atom is -0.488 e. The number of hydrogen-bond donors (Lipinski definition) is 2. The number of aliphatic hydroxyl groups excluding tert-OH is 2. The van der Waals surface area contributed by atoms with Crippen molar-refractivity contribution in [2.24, 2.45) is 0 Å². The zero-order valence-corrected chi connectivity index (χ0v) is 26.5. The van der Waals surface area contributed by atoms with Gasteiger partial charge in [-0.15, -0.1) is 0 Å². The topological polar surface area (TPSA) is 105 Å². The quantitative estimate of drug-likeness (QED) is 0.151. The second-order valence-electron chi connectivity index (χ2n) is 10.6. The van der Waals surface area contributed by atoms with Crippen LogP contribution in [0.15, 0.2) is 97.1 Å². The highest BCUT2D eigenvalue weighted by atomic mass is 16.7. The van der Waals surface area contributed by atoms with Gasteiger partial charge in [0.1, 0.15) is 30.5 Å². The van der Waals surface area contributed by atoms with Crippen LogP contribution in [0.25, 0.3) is 5.57 Å². The lowest BCUT2D eigenvalue weighted by molar-refractivity contribution is -0.327. The van der Waals surface area contributed by atoms with Gasteiger partial charge in [-0.2, -0.15) is 0 Å². The van der Waals surface area contributed by atoms with Gasteiger partial charge in [0, 0.05) is 51.2 Å². The molecular weight excluding hydrogens is 588 g/mol. The van der Waals surface area contributed by atoms with Crippen LogP contribution in [-0.4, -0.2) is 52.1 Å². The van der Waals surface area contributed by atoms with Crippen molar-refractivity contribution in [1.29, 1.82) is 0 Å². The van der Waals surface area contributed by atoms with E-state index in [0.717, 1.165) is 11.1 Å². The Kier molecular flexibility index (Phi) is 10.7. The van der Waals surface area contributed by atoms with E-state index in [9.17, 15) is 10.2 Å². The summed E-state index contributed by atoms with van der Waals surface area (Å²) in [7, 11) is 6.15. The van der Waals surface area contributed by atoms with Gasteiger partial charge < -0.3 is 43.4 Å². The summed E-state index contributed by atoms with van der Waals surface area (Å²) in [6, 6.07) is 28.6. The van der Waals surface area contributed by atoms with Gasteiger partial charge >= 0.3 is 0 Å². The van der Waals surface area contributed by atoms with Crippen molar-refractivity contribution >= 4 is 5.57 Å². The minimum atomic E-state index is -1.51. The van der Waals surface area contributed by atoms with E-state index in [1.165, 1.54) is 21.3 Å². The maximum Gasteiger partial charge on any atom is 0.237 e. The van der Waals surface area contributed by atoms with Crippen LogP contribution >= 0.6 is 0 Å². The number of methoxy groups -OCH3 is 4. The zero-order chi connectivity index (χ0) is 32.6. The molecule has 0 radical (unpaired) electrons. The van der Waals surface area contributed by atoms with Gasteiger partial charge in [0.2, 0.25) is 5.79 Å². The van der Waals surface area contributed by atoms with Gasteiger partial charge in [-0.3, -0.25) is 0 Å². The van der Waals surface area contributed by atoms with Crippen LogP contribution in [0, 0.1) is 0 Å². The van der Waals surface area contributed by atoms with E-state index < -0.39 is 11.4 Å². The van der Waals surface area contributed by atoms with Crippen LogP contribution in [0.2, 0.25) is 0 Å². The van der Waals surface area contributed by atoms with E-state index in [2.05, 4.69) is 0 Å². The molecule has 1 aliphatic rings. The smallest absolute Gasteiger partial charge is 0.237 e. The molecule has 0 aromatic heterocycles. The van der Waals surface area contributed by atoms with Crippen LogP contribution in [0.4, 0.5) is 0 Å². The van der Waals surface area contributed by atoms with Crippen molar-refractivity contribution in [3.8, 4) is 17.2 Å². The summed E-state index contributed by atoms with van der Waals surface area (Å²) < 4.78 is 42.5. The fraction of sp³-hybridized carbons (Fsp3) is 0.297. The van der Waals surface area contributed by atoms with Crippen molar-refractivity contribution in [2.45, 2.75) is 31.2 Å². The Morgan fingerprint density at radius 1 is 0.696 bits per heavy atom. The predicted octanol–water partition coefficient (Wildman–Crippen LogP) is 5.70. The van der Waals surface area contributed by atoms with Gasteiger partial charge in [0.15, 0.2) is 12.4 Å². The molecule has 0 bridgehead atoms. The molecule has 1 aliphatic carbocycles. The molecule has 0 amide bonds. The number of fused-ring (bicyclic) bond motifs is 1. The van der Waals surface area contributed by atoms with Crippen LogP contribution in [0.3, 0.4) is 0 Å². The molecule has 1 unspecified atom stereocenters. The molecule has 0 saturated heterocycles. The second kappa shape index (κ2) is 14.9. The van der Waals surface area contributed by atoms with Crippen LogP contribution in [0.1, 0.15) is 33.4 Å². The monoisotopic (exact) mass is 628 g/mol. The first kappa shape index (κ1) is 33.2. The molecule has 46 heavy (non-hydrogen) atoms. The Bertz CT molecular complexity index is 1620. The van der Waals surface area contributed by atoms with Crippen molar-refractivity contribution in [3.63, 3.8) is 0 Å². The first-order chi connectivity index (χ1) is 22.5. The molecule has 242 valence electrons. The number of hydrogen-bond acceptors (Lipinski definition) is 9. The van der Waals surface area contributed by atoms with Gasteiger partial charge in [-0.05, 0) is 28.8 Å². The summed E-state index contributed by atoms with van der Waals surface area (Å²) in [5.41, 5.74) is 3.32. The summed E-state index contributed by atoms with van der Waals surface area (Å²) in [5.74, 6) is -0.126. The number of rotatable bonds is 16. The van der Waals surface area contributed by atoms with Crippen molar-refractivity contribution in [1.82, 2.24) is 0 Å². The van der Waals surface area contributed by atoms with Crippen molar-refractivity contribution < 1.29 is 43.4 Å². The summed E-state index contributed by atoms with van der Waals surface area (Å²) >= 11 is 0. The fourth-order valence-corrected chi connectivity index (χ4v) is 6.21. The molecule has 4 aromatic carbocycles. The molecule has 0 heterocycles. The van der Waals surface area contributed by atoms with Gasteiger partial charge in [-0.25, -0.2) is 0 Å². The van der Waals surface area contributed by atoms with E-state index in [0.29, 0.717) is 51.7 Å². The first-order valence-corrected chi connectivity index (χ1v) is 14.9. The maximum absolute atomic E-state index is 10.7. The van der Waals surface area contributed by atoms with Crippen LogP contribution < -0.4 is 14.2 Å². The third-order valence-corrected chi connectivity index (χ3v) is 8.17. The van der Waals surface area contributed by atoms with E-state index in [1.807, 2.05) is 78.9 Å². The second-order valence-corrected chi connectivity index (χ2v) is 10.6. The highest BCUT2D eigenvalue weighted by Crippen LogP contribution is 2.66. The Hall–Kier alpha value is -4.22. The van der Waals surface area contributed by atoms with Crippen LogP contribution in [0.5, 0.6) is 17.2 Å². The Morgan fingerprint density at radius 2 is 1.33 bits per heavy atom. The summed E-state index contributed by atoms with van der Waals surface area (Å²) in [6.07, 6.45) is 1.62. The largest absolute Gasteiger partial charge is 0.488 e. The highest BCUT2D eigenvalue weighted by molar-refractivity contribution is 5.85. The van der Waals surface area contributed by atoms with Gasteiger partial charge in [-0.1, -0.05) is 78.9 Å². The molecular formula is C37H40O9. The first-order valence-electron chi connectivity index (χ1n) is 14.9. The fourth-order valence-electron chi connectivity index (χ4n) is 6.21. The molecule has 0 fully saturated rings. The molecule has 1 atom stereocenters. The normalized spacial score (nSPS) is 16.8. The molecule has 9 nitrogen and oxygen atoms in total. The Balaban J connectivity index is 1.68. The minimum absolute atomic E-state index is 0.000715. The third kappa shape index (κ3) is 5.89. The van der Waals surface area contributed by atoms with Gasteiger partial charge in [0.25, 0.3) is 0 Å². The summed E-state index contributed by atoms with van der Waals surface area (Å²) in [4.78, 5) is 0. The van der Waals surface area contributed by atoms with Crippen molar-refractivity contribution in [3.05, 3.63) is 130 Å². The third-order valence-electron chi connectivity index (χ3n) is 8.17. The van der Waals surface area contributed by atoms with Crippen LogP contribution in [-0.2, 0) is 50.2 Å². The van der Waals surface area contributed by atoms with E-state index in [-0.39, 0.29) is 26.6 Å². The molecule has 0 saturated carbocycles. The average molecular weight is 629 g/mol. The predicted molar refractivity (Wildman–Crippen MR) is 172 cm³/mol. The summed E-state index contributed by atoms with van der Waals surface area (Å²) in [5, 5.41) is 21.2. The summed E-state index contributed by atoms with van der Waals surface area (Å²) in [6.45, 7) is -0.167. The Labute approximate surface area is 269 Å². The number of aliphatic hydroxyl groups is 2. The SMILES string of the molecule is COCOc1cc(CO)c(/C(=C/CO)C2(OC)c3cccc(OCc4ccccc4)c3C2(OC)OC)c(OCc2ccccc2)c1. The zero-order valence-electron chi connectivity index (χ0n) is 26.5. The lowest BCUT2D eigenvalue weighted by atomic mass is 9.61. The lowest BCUT2D eigenvalue weighted by Crippen LogP contribution is -2.62. The Morgan fingerprint density at radius 3 is 1.87 bits per heavy atom. The highest BCUT2D eigenvalue weighted by Gasteiger charge is 2.70.